The zero-order valence-electron chi connectivity index (χ0n) is 17.8. The summed E-state index contributed by atoms with van der Waals surface area (Å²) in [5, 5.41) is 3.58. The summed E-state index contributed by atoms with van der Waals surface area (Å²) in [5.41, 5.74) is 6.49. The van der Waals surface area contributed by atoms with E-state index < -0.39 is 0 Å². The van der Waals surface area contributed by atoms with Gasteiger partial charge in [0.1, 0.15) is 0 Å². The molecule has 156 valence electrons. The number of hydrogen-bond acceptors (Lipinski definition) is 4. The Kier molecular flexibility index (Phi) is 6.29. The van der Waals surface area contributed by atoms with E-state index >= 15 is 0 Å². The van der Waals surface area contributed by atoms with E-state index in [0.29, 0.717) is 5.92 Å². The second kappa shape index (κ2) is 9.26. The van der Waals surface area contributed by atoms with Crippen LogP contribution < -0.4 is 15.8 Å². The first-order chi connectivity index (χ1) is 14.6. The van der Waals surface area contributed by atoms with Gasteiger partial charge in [-0.3, -0.25) is 9.78 Å². The third-order valence-electron chi connectivity index (χ3n) is 6.01. The van der Waals surface area contributed by atoms with Gasteiger partial charge in [-0.2, -0.15) is 0 Å². The van der Waals surface area contributed by atoms with Crippen LogP contribution >= 0.6 is 0 Å². The fraction of sp³-hybridized carbons (Fsp3) is 0.360. The zero-order valence-corrected chi connectivity index (χ0v) is 17.8. The molecule has 0 radical (unpaired) electrons. The minimum absolute atomic E-state index is 0.00655. The first kappa shape index (κ1) is 20.4. The van der Waals surface area contributed by atoms with E-state index in [0.717, 1.165) is 49.4 Å². The fourth-order valence-electron chi connectivity index (χ4n) is 4.22. The molecule has 0 bridgehead atoms. The van der Waals surface area contributed by atoms with Crippen LogP contribution in [0.1, 0.15) is 30.0 Å². The Bertz CT molecular complexity index is 1030. The van der Waals surface area contributed by atoms with Gasteiger partial charge in [-0.05, 0) is 72.7 Å². The molecule has 4 rings (SSSR count). The second-order valence-corrected chi connectivity index (χ2v) is 8.17. The Morgan fingerprint density at radius 3 is 2.67 bits per heavy atom. The summed E-state index contributed by atoms with van der Waals surface area (Å²) in [6.07, 6.45) is 5.78. The Balaban J connectivity index is 1.37. The van der Waals surface area contributed by atoms with E-state index in [9.17, 15) is 4.79 Å². The molecule has 3 heterocycles. The van der Waals surface area contributed by atoms with Gasteiger partial charge in [-0.15, -0.1) is 0 Å². The van der Waals surface area contributed by atoms with Crippen molar-refractivity contribution in [3.05, 3.63) is 81.9 Å². The molecule has 5 nitrogen and oxygen atoms in total. The fourth-order valence-corrected chi connectivity index (χ4v) is 4.22. The number of anilines is 1. The van der Waals surface area contributed by atoms with Crippen molar-refractivity contribution in [2.45, 2.75) is 33.2 Å². The van der Waals surface area contributed by atoms with E-state index in [1.54, 1.807) is 0 Å². The van der Waals surface area contributed by atoms with Crippen molar-refractivity contribution < 1.29 is 0 Å². The van der Waals surface area contributed by atoms with Crippen LogP contribution in [0.15, 0.2) is 59.7 Å². The molecule has 0 aliphatic carbocycles. The van der Waals surface area contributed by atoms with Gasteiger partial charge in [-0.1, -0.05) is 19.1 Å². The molecular formula is C25H30N4O. The van der Waals surface area contributed by atoms with Crippen LogP contribution in [0, 0.1) is 12.8 Å². The van der Waals surface area contributed by atoms with Gasteiger partial charge >= 0.3 is 0 Å². The number of pyridine rings is 2. The maximum atomic E-state index is 12.1. The molecule has 1 unspecified atom stereocenters. The average molecular weight is 403 g/mol. The summed E-state index contributed by atoms with van der Waals surface area (Å²) in [7, 11) is 0. The number of H-pyrrole nitrogens is 1. The number of aryl methyl sites for hydroxylation is 2. The number of benzene rings is 1. The highest BCUT2D eigenvalue weighted by Gasteiger charge is 2.22. The van der Waals surface area contributed by atoms with E-state index in [4.69, 9.17) is 0 Å². The summed E-state index contributed by atoms with van der Waals surface area (Å²) in [6, 6.07) is 14.7. The van der Waals surface area contributed by atoms with Crippen LogP contribution in [-0.2, 0) is 13.0 Å². The summed E-state index contributed by atoms with van der Waals surface area (Å²) >= 11 is 0. The van der Waals surface area contributed by atoms with E-state index in [2.05, 4.69) is 63.5 Å². The Morgan fingerprint density at radius 2 is 1.93 bits per heavy atom. The monoisotopic (exact) mass is 402 g/mol. The normalized spacial score (nSPS) is 16.2. The molecule has 2 N–H and O–H groups in total. The number of aromatic nitrogens is 2. The molecule has 2 aromatic heterocycles. The smallest absolute Gasteiger partial charge is 0.251 e. The molecule has 30 heavy (non-hydrogen) atoms. The van der Waals surface area contributed by atoms with Crippen molar-refractivity contribution in [1.29, 1.82) is 0 Å². The van der Waals surface area contributed by atoms with Crippen LogP contribution in [0.4, 0.5) is 5.69 Å². The quantitative estimate of drug-likeness (QED) is 0.629. The van der Waals surface area contributed by atoms with Crippen LogP contribution in [0.2, 0.25) is 0 Å². The molecule has 1 atom stereocenters. The summed E-state index contributed by atoms with van der Waals surface area (Å²) in [6.45, 7) is 8.06. The van der Waals surface area contributed by atoms with Crippen molar-refractivity contribution >= 4 is 5.69 Å². The van der Waals surface area contributed by atoms with Crippen molar-refractivity contribution in [1.82, 2.24) is 15.3 Å². The lowest BCUT2D eigenvalue weighted by Gasteiger charge is -2.19. The van der Waals surface area contributed by atoms with Crippen LogP contribution in [0.5, 0.6) is 0 Å². The molecule has 0 spiro atoms. The maximum Gasteiger partial charge on any atom is 0.251 e. The maximum absolute atomic E-state index is 12.1. The molecular weight excluding hydrogens is 372 g/mol. The third kappa shape index (κ3) is 4.62. The van der Waals surface area contributed by atoms with Crippen LogP contribution in [-0.4, -0.2) is 29.6 Å². The van der Waals surface area contributed by atoms with Gasteiger partial charge in [0.25, 0.3) is 5.56 Å². The molecule has 1 aliphatic heterocycles. The molecule has 5 heteroatoms. The van der Waals surface area contributed by atoms with Gasteiger partial charge < -0.3 is 15.2 Å². The lowest BCUT2D eigenvalue weighted by Crippen LogP contribution is -2.26. The number of aromatic amines is 1. The zero-order chi connectivity index (χ0) is 20.9. The highest BCUT2D eigenvalue weighted by molar-refractivity contribution is 5.66. The highest BCUT2D eigenvalue weighted by atomic mass is 16.1. The topological polar surface area (TPSA) is 61.0 Å². The minimum Gasteiger partial charge on any atom is -0.371 e. The van der Waals surface area contributed by atoms with Gasteiger partial charge in [0.15, 0.2) is 0 Å². The highest BCUT2D eigenvalue weighted by Crippen LogP contribution is 2.27. The predicted octanol–water partition coefficient (Wildman–Crippen LogP) is 3.92. The number of nitrogens with zero attached hydrogens (tertiary/aromatic N) is 2. The largest absolute Gasteiger partial charge is 0.371 e. The van der Waals surface area contributed by atoms with E-state index in [1.165, 1.54) is 23.2 Å². The Hall–Kier alpha value is -2.92. The van der Waals surface area contributed by atoms with E-state index in [-0.39, 0.29) is 5.56 Å². The molecule has 3 aromatic rings. The molecule has 1 aliphatic rings. The van der Waals surface area contributed by atoms with E-state index in [1.807, 2.05) is 25.4 Å². The number of rotatable bonds is 7. The predicted molar refractivity (Wildman–Crippen MR) is 123 cm³/mol. The van der Waals surface area contributed by atoms with Gasteiger partial charge in [0.2, 0.25) is 0 Å². The number of hydrogen-bond donors (Lipinski definition) is 2. The molecule has 1 fully saturated rings. The summed E-state index contributed by atoms with van der Waals surface area (Å²) in [4.78, 5) is 21.7. The van der Waals surface area contributed by atoms with Crippen molar-refractivity contribution in [2.24, 2.45) is 5.92 Å². The SMILES string of the molecule is CCc1cc(C)c(=O)[nH]c1-c1ccc(N2CCC(CNCc3ccncc3)C2)cc1. The number of nitrogens with one attached hydrogen (secondary N) is 2. The van der Waals surface area contributed by atoms with Crippen LogP contribution in [0.3, 0.4) is 0 Å². The lowest BCUT2D eigenvalue weighted by atomic mass is 10.0. The van der Waals surface area contributed by atoms with Crippen molar-refractivity contribution in [2.75, 3.05) is 24.5 Å². The first-order valence-electron chi connectivity index (χ1n) is 10.8. The minimum atomic E-state index is -0.00655. The Labute approximate surface area is 178 Å². The van der Waals surface area contributed by atoms with Crippen LogP contribution in [0.25, 0.3) is 11.3 Å². The van der Waals surface area contributed by atoms with Gasteiger partial charge in [-0.25, -0.2) is 0 Å². The Morgan fingerprint density at radius 1 is 1.17 bits per heavy atom. The molecule has 1 saturated heterocycles. The second-order valence-electron chi connectivity index (χ2n) is 8.17. The summed E-state index contributed by atoms with van der Waals surface area (Å²) in [5.74, 6) is 0.659. The van der Waals surface area contributed by atoms with Crippen molar-refractivity contribution in [3.8, 4) is 11.3 Å². The molecule has 1 aromatic carbocycles. The lowest BCUT2D eigenvalue weighted by molar-refractivity contribution is 0.516. The first-order valence-corrected chi connectivity index (χ1v) is 10.8. The summed E-state index contributed by atoms with van der Waals surface area (Å²) < 4.78 is 0. The van der Waals surface area contributed by atoms with Gasteiger partial charge in [0.05, 0.1) is 5.69 Å². The third-order valence-corrected chi connectivity index (χ3v) is 6.01. The molecule has 0 saturated carbocycles. The average Bonchev–Trinajstić information content (AvgIpc) is 3.25. The standard InChI is InChI=1S/C25H30N4O/c1-3-21-14-18(2)25(30)28-24(21)22-4-6-23(7-5-22)29-13-10-20(17-29)16-27-15-19-8-11-26-12-9-19/h4-9,11-12,14,20,27H,3,10,13,15-17H2,1-2H3,(H,28,30). The van der Waals surface area contributed by atoms with Crippen molar-refractivity contribution in [3.63, 3.8) is 0 Å². The van der Waals surface area contributed by atoms with Gasteiger partial charge in [0, 0.05) is 49.8 Å². The molecule has 0 amide bonds.